The van der Waals surface area contributed by atoms with Crippen LogP contribution < -0.4 is 5.32 Å². The van der Waals surface area contributed by atoms with Crippen LogP contribution in [0.3, 0.4) is 0 Å². The van der Waals surface area contributed by atoms with Gasteiger partial charge in [0.2, 0.25) is 0 Å². The van der Waals surface area contributed by atoms with Gasteiger partial charge in [-0.05, 0) is 93.4 Å². The molecule has 0 spiro atoms. The molecule has 2 aromatic carbocycles. The Bertz CT molecular complexity index is 1350. The number of aromatic nitrogens is 2. The van der Waals surface area contributed by atoms with E-state index >= 15 is 4.39 Å². The molecule has 0 aliphatic carbocycles. The summed E-state index contributed by atoms with van der Waals surface area (Å²) in [6.07, 6.45) is 8.30. The van der Waals surface area contributed by atoms with Gasteiger partial charge in [0.25, 0.3) is 0 Å². The molecule has 186 valence electrons. The zero-order chi connectivity index (χ0) is 24.3. The topological polar surface area (TPSA) is 67.2 Å². The summed E-state index contributed by atoms with van der Waals surface area (Å²) in [5.74, 6) is 0.683. The summed E-state index contributed by atoms with van der Waals surface area (Å²) in [6.45, 7) is 2.07. The van der Waals surface area contributed by atoms with Crippen molar-refractivity contribution in [2.45, 2.75) is 67.5 Å². The summed E-state index contributed by atoms with van der Waals surface area (Å²) in [6, 6.07) is 12.5. The van der Waals surface area contributed by atoms with Gasteiger partial charge in [-0.1, -0.05) is 6.07 Å². The number of aryl methyl sites for hydroxylation is 1. The fourth-order valence-corrected chi connectivity index (χ4v) is 7.23. The van der Waals surface area contributed by atoms with Crippen molar-refractivity contribution < 1.29 is 12.8 Å². The summed E-state index contributed by atoms with van der Waals surface area (Å²) in [5, 5.41) is 3.74. The van der Waals surface area contributed by atoms with E-state index in [1.54, 1.807) is 28.8 Å². The molecule has 6 rings (SSSR count). The molecule has 2 unspecified atom stereocenters. The third kappa shape index (κ3) is 4.19. The highest BCUT2D eigenvalue weighted by Crippen LogP contribution is 2.37. The molecule has 0 radical (unpaired) electrons. The SMILES string of the molecule is Cn1c(-c2ccc(S(C)(=O)=O)cc2)nc2ccc(C3CCN(C4CC5CCC(C4)N5)CC3)c(F)c21. The number of piperidine rings is 2. The minimum Gasteiger partial charge on any atom is -0.325 e. The largest absolute Gasteiger partial charge is 0.325 e. The van der Waals surface area contributed by atoms with Gasteiger partial charge in [-0.3, -0.25) is 0 Å². The minimum atomic E-state index is -3.27. The molecular weight excluding hydrogens is 463 g/mol. The van der Waals surface area contributed by atoms with Crippen LogP contribution in [0.4, 0.5) is 4.39 Å². The van der Waals surface area contributed by atoms with E-state index in [0.717, 1.165) is 37.1 Å². The van der Waals surface area contributed by atoms with Crippen molar-refractivity contribution >= 4 is 20.9 Å². The van der Waals surface area contributed by atoms with Gasteiger partial charge in [-0.2, -0.15) is 0 Å². The fourth-order valence-electron chi connectivity index (χ4n) is 6.60. The number of imidazole rings is 1. The summed E-state index contributed by atoms with van der Waals surface area (Å²) in [7, 11) is -1.44. The number of nitrogens with one attached hydrogen (secondary N) is 1. The number of hydrogen-bond donors (Lipinski definition) is 1. The predicted molar refractivity (Wildman–Crippen MR) is 136 cm³/mol. The standard InChI is InChI=1S/C27H33FN4O2S/c1-31-26-24(30-27(31)18-3-7-22(8-4-18)35(2,33)34)10-9-23(25(26)28)17-11-13-32(14-12-17)21-15-19-5-6-20(16-21)29-19/h3-4,7-10,17,19-21,29H,5-6,11-16H2,1-2H3. The van der Waals surface area contributed by atoms with Crippen LogP contribution in [-0.2, 0) is 16.9 Å². The summed E-state index contributed by atoms with van der Waals surface area (Å²) in [4.78, 5) is 7.59. The molecule has 3 aliphatic rings. The van der Waals surface area contributed by atoms with Crippen LogP contribution in [0, 0.1) is 5.82 Å². The second kappa shape index (κ2) is 8.68. The van der Waals surface area contributed by atoms with Crippen LogP contribution in [0.1, 0.15) is 50.0 Å². The van der Waals surface area contributed by atoms with Crippen molar-refractivity contribution in [3.05, 3.63) is 47.8 Å². The lowest BCUT2D eigenvalue weighted by molar-refractivity contribution is 0.110. The van der Waals surface area contributed by atoms with Gasteiger partial charge in [-0.25, -0.2) is 17.8 Å². The normalized spacial score (nSPS) is 26.0. The van der Waals surface area contributed by atoms with Crippen LogP contribution in [0.25, 0.3) is 22.4 Å². The predicted octanol–water partition coefficient (Wildman–Crippen LogP) is 4.25. The maximum absolute atomic E-state index is 15.9. The van der Waals surface area contributed by atoms with E-state index in [4.69, 9.17) is 0 Å². The molecule has 3 aliphatic heterocycles. The Hall–Kier alpha value is -2.29. The lowest BCUT2D eigenvalue weighted by Crippen LogP contribution is -2.50. The third-order valence-electron chi connectivity index (χ3n) is 8.48. The first-order valence-corrected chi connectivity index (χ1v) is 14.6. The molecule has 4 heterocycles. The Kier molecular flexibility index (Phi) is 5.73. The van der Waals surface area contributed by atoms with Crippen LogP contribution in [0.5, 0.6) is 0 Å². The molecule has 1 aromatic heterocycles. The fraction of sp³-hybridized carbons (Fsp3) is 0.519. The Morgan fingerprint density at radius 2 is 1.63 bits per heavy atom. The highest BCUT2D eigenvalue weighted by atomic mass is 32.2. The Labute approximate surface area is 206 Å². The van der Waals surface area contributed by atoms with Crippen molar-refractivity contribution in [3.63, 3.8) is 0 Å². The highest BCUT2D eigenvalue weighted by Gasteiger charge is 2.37. The van der Waals surface area contributed by atoms with E-state index in [2.05, 4.69) is 15.2 Å². The molecule has 1 N–H and O–H groups in total. The van der Waals surface area contributed by atoms with E-state index < -0.39 is 9.84 Å². The number of likely N-dealkylation sites (tertiary alicyclic amines) is 1. The second-order valence-corrected chi connectivity index (χ2v) is 12.7. The maximum atomic E-state index is 15.9. The molecule has 0 amide bonds. The van der Waals surface area contributed by atoms with Crippen LogP contribution in [-0.4, -0.2) is 60.3 Å². The van der Waals surface area contributed by atoms with E-state index in [1.165, 1.54) is 31.9 Å². The van der Waals surface area contributed by atoms with Gasteiger partial charge in [0, 0.05) is 37.0 Å². The number of halogens is 1. The summed E-state index contributed by atoms with van der Waals surface area (Å²) in [5.41, 5.74) is 2.70. The van der Waals surface area contributed by atoms with E-state index in [0.29, 0.717) is 35.0 Å². The molecule has 3 aromatic rings. The van der Waals surface area contributed by atoms with E-state index in [9.17, 15) is 8.42 Å². The monoisotopic (exact) mass is 496 g/mol. The smallest absolute Gasteiger partial charge is 0.175 e. The summed E-state index contributed by atoms with van der Waals surface area (Å²) >= 11 is 0. The number of rotatable bonds is 4. The lowest BCUT2D eigenvalue weighted by Gasteiger charge is -2.41. The minimum absolute atomic E-state index is 0.171. The quantitative estimate of drug-likeness (QED) is 0.585. The Morgan fingerprint density at radius 3 is 2.26 bits per heavy atom. The lowest BCUT2D eigenvalue weighted by atomic mass is 9.87. The zero-order valence-electron chi connectivity index (χ0n) is 20.4. The number of benzene rings is 2. The average molecular weight is 497 g/mol. The summed E-state index contributed by atoms with van der Waals surface area (Å²) < 4.78 is 41.2. The molecular formula is C27H33FN4O2S. The van der Waals surface area contributed by atoms with Crippen LogP contribution in [0.2, 0.25) is 0 Å². The number of nitrogens with zero attached hydrogens (tertiary/aromatic N) is 3. The van der Waals surface area contributed by atoms with Crippen molar-refractivity contribution in [1.82, 2.24) is 19.8 Å². The van der Waals surface area contributed by atoms with Crippen molar-refractivity contribution in [2.75, 3.05) is 19.3 Å². The zero-order valence-corrected chi connectivity index (χ0v) is 21.2. The number of fused-ring (bicyclic) bond motifs is 3. The molecule has 6 nitrogen and oxygen atoms in total. The molecule has 35 heavy (non-hydrogen) atoms. The molecule has 3 saturated heterocycles. The van der Waals surface area contributed by atoms with Crippen molar-refractivity contribution in [2.24, 2.45) is 7.05 Å². The second-order valence-electron chi connectivity index (χ2n) is 10.7. The molecule has 8 heteroatoms. The van der Waals surface area contributed by atoms with Crippen molar-refractivity contribution in [1.29, 1.82) is 0 Å². The Balaban J connectivity index is 1.23. The van der Waals surface area contributed by atoms with Gasteiger partial charge in [-0.15, -0.1) is 0 Å². The van der Waals surface area contributed by atoms with Crippen LogP contribution >= 0.6 is 0 Å². The van der Waals surface area contributed by atoms with Gasteiger partial charge in [0.05, 0.1) is 10.4 Å². The first-order valence-electron chi connectivity index (χ1n) is 12.7. The van der Waals surface area contributed by atoms with Gasteiger partial charge < -0.3 is 14.8 Å². The molecule has 3 fully saturated rings. The number of hydrogen-bond acceptors (Lipinski definition) is 5. The van der Waals surface area contributed by atoms with Gasteiger partial charge in [0.15, 0.2) is 15.7 Å². The third-order valence-corrected chi connectivity index (χ3v) is 9.61. The molecule has 0 saturated carbocycles. The average Bonchev–Trinajstić information content (AvgIpc) is 3.37. The molecule has 2 atom stereocenters. The van der Waals surface area contributed by atoms with Crippen LogP contribution in [0.15, 0.2) is 41.3 Å². The van der Waals surface area contributed by atoms with E-state index in [1.807, 2.05) is 19.2 Å². The van der Waals surface area contributed by atoms with Gasteiger partial charge in [0.1, 0.15) is 11.3 Å². The number of sulfone groups is 1. The first-order chi connectivity index (χ1) is 16.8. The highest BCUT2D eigenvalue weighted by molar-refractivity contribution is 7.90. The van der Waals surface area contributed by atoms with Gasteiger partial charge >= 0.3 is 0 Å². The maximum Gasteiger partial charge on any atom is 0.175 e. The molecule has 2 bridgehead atoms. The Morgan fingerprint density at radius 1 is 0.971 bits per heavy atom. The van der Waals surface area contributed by atoms with E-state index in [-0.39, 0.29) is 16.6 Å². The van der Waals surface area contributed by atoms with Crippen molar-refractivity contribution in [3.8, 4) is 11.4 Å². The first kappa shape index (κ1) is 23.1.